The van der Waals surface area contributed by atoms with Crippen LogP contribution in [-0.2, 0) is 24.3 Å². The van der Waals surface area contributed by atoms with Gasteiger partial charge in [0.2, 0.25) is 5.91 Å². The summed E-state index contributed by atoms with van der Waals surface area (Å²) in [5, 5.41) is 7.77. The van der Waals surface area contributed by atoms with Crippen LogP contribution in [0.5, 0.6) is 0 Å². The molecule has 1 aromatic carbocycles. The number of amides is 3. The average molecular weight is 372 g/mol. The van der Waals surface area contributed by atoms with Crippen molar-refractivity contribution in [2.24, 2.45) is 5.92 Å². The summed E-state index contributed by atoms with van der Waals surface area (Å²) in [6.45, 7) is 5.70. The third kappa shape index (κ3) is 4.43. The van der Waals surface area contributed by atoms with E-state index in [0.717, 1.165) is 12.0 Å². The molecule has 2 aromatic rings. The molecule has 0 fully saturated rings. The van der Waals surface area contributed by atoms with Gasteiger partial charge in [-0.3, -0.25) is 4.79 Å². The molecule has 5 nitrogen and oxygen atoms in total. The van der Waals surface area contributed by atoms with E-state index in [1.54, 1.807) is 11.3 Å². The maximum atomic E-state index is 13.0. The Kier molecular flexibility index (Phi) is 5.93. The third-order valence-electron chi connectivity index (χ3n) is 4.63. The molecule has 2 heterocycles. The second kappa shape index (κ2) is 8.36. The Hall–Kier alpha value is -2.34. The molecule has 26 heavy (non-hydrogen) atoms. The Morgan fingerprint density at radius 1 is 1.19 bits per heavy atom. The number of nitrogens with one attached hydrogen (secondary N) is 2. The van der Waals surface area contributed by atoms with Gasteiger partial charge in [-0.05, 0) is 34.9 Å². The predicted octanol–water partition coefficient (Wildman–Crippen LogP) is 3.16. The number of thiophene rings is 1. The van der Waals surface area contributed by atoms with E-state index in [4.69, 9.17) is 0 Å². The van der Waals surface area contributed by atoms with Crippen molar-refractivity contribution >= 4 is 23.3 Å². The predicted molar refractivity (Wildman–Crippen MR) is 104 cm³/mol. The van der Waals surface area contributed by atoms with Crippen LogP contribution in [0.15, 0.2) is 41.8 Å². The number of rotatable bonds is 5. The van der Waals surface area contributed by atoms with Gasteiger partial charge in [-0.1, -0.05) is 44.2 Å². The molecule has 3 amide bonds. The van der Waals surface area contributed by atoms with Gasteiger partial charge in [-0.15, -0.1) is 11.3 Å². The number of carbonyl (C=O) groups excluding carboxylic acids is 2. The van der Waals surface area contributed by atoms with Crippen LogP contribution >= 0.6 is 11.3 Å². The van der Waals surface area contributed by atoms with E-state index in [9.17, 15) is 9.59 Å². The Morgan fingerprint density at radius 3 is 2.69 bits per heavy atom. The Morgan fingerprint density at radius 2 is 1.96 bits per heavy atom. The topological polar surface area (TPSA) is 61.4 Å². The van der Waals surface area contributed by atoms with Crippen LogP contribution in [0.1, 0.15) is 29.9 Å². The Labute approximate surface area is 158 Å². The molecular formula is C20H25N3O2S. The molecule has 0 bridgehead atoms. The monoisotopic (exact) mass is 371 g/mol. The van der Waals surface area contributed by atoms with Crippen molar-refractivity contribution in [3.63, 3.8) is 0 Å². The minimum atomic E-state index is -0.522. The van der Waals surface area contributed by atoms with E-state index in [2.05, 4.69) is 22.1 Å². The summed E-state index contributed by atoms with van der Waals surface area (Å²) in [6, 6.07) is 11.0. The van der Waals surface area contributed by atoms with Crippen LogP contribution in [0.2, 0.25) is 0 Å². The second-order valence-corrected chi connectivity index (χ2v) is 7.91. The molecule has 2 N–H and O–H groups in total. The molecule has 3 rings (SSSR count). The Balaban J connectivity index is 1.58. The van der Waals surface area contributed by atoms with Gasteiger partial charge in [-0.2, -0.15) is 0 Å². The lowest BCUT2D eigenvalue weighted by molar-refractivity contribution is -0.135. The molecule has 1 aromatic heterocycles. The number of hydrogen-bond donors (Lipinski definition) is 2. The van der Waals surface area contributed by atoms with Crippen LogP contribution in [-0.4, -0.2) is 29.4 Å². The zero-order valence-electron chi connectivity index (χ0n) is 15.2. The van der Waals surface area contributed by atoms with Crippen LogP contribution in [0, 0.1) is 5.92 Å². The first-order valence-electron chi connectivity index (χ1n) is 8.97. The fourth-order valence-corrected chi connectivity index (χ4v) is 4.01. The molecule has 6 heteroatoms. The summed E-state index contributed by atoms with van der Waals surface area (Å²) in [4.78, 5) is 28.5. The zero-order chi connectivity index (χ0) is 18.5. The molecule has 0 saturated heterocycles. The van der Waals surface area contributed by atoms with Crippen LogP contribution in [0.25, 0.3) is 0 Å². The van der Waals surface area contributed by atoms with Gasteiger partial charge in [0.25, 0.3) is 0 Å². The van der Waals surface area contributed by atoms with Crippen molar-refractivity contribution in [2.45, 2.75) is 39.4 Å². The fourth-order valence-electron chi connectivity index (χ4n) is 3.12. The van der Waals surface area contributed by atoms with Gasteiger partial charge in [0, 0.05) is 24.5 Å². The largest absolute Gasteiger partial charge is 0.336 e. The molecular weight excluding hydrogens is 346 g/mol. The van der Waals surface area contributed by atoms with Crippen molar-refractivity contribution in [2.75, 3.05) is 6.54 Å². The number of carbonyl (C=O) groups is 2. The molecule has 0 radical (unpaired) electrons. The van der Waals surface area contributed by atoms with E-state index in [1.165, 1.54) is 10.4 Å². The van der Waals surface area contributed by atoms with Crippen molar-refractivity contribution in [1.82, 2.24) is 15.5 Å². The van der Waals surface area contributed by atoms with Gasteiger partial charge >= 0.3 is 6.03 Å². The molecule has 0 unspecified atom stereocenters. The van der Waals surface area contributed by atoms with Crippen molar-refractivity contribution in [3.05, 3.63) is 57.8 Å². The summed E-state index contributed by atoms with van der Waals surface area (Å²) in [5.41, 5.74) is 2.25. The normalized spacial score (nSPS) is 14.7. The summed E-state index contributed by atoms with van der Waals surface area (Å²) < 4.78 is 0. The second-order valence-electron chi connectivity index (χ2n) is 6.91. The first kappa shape index (κ1) is 18.5. The van der Waals surface area contributed by atoms with Crippen LogP contribution in [0.4, 0.5) is 4.79 Å². The maximum Gasteiger partial charge on any atom is 0.315 e. The first-order valence-corrected chi connectivity index (χ1v) is 9.85. The van der Waals surface area contributed by atoms with Crippen LogP contribution < -0.4 is 10.6 Å². The lowest BCUT2D eigenvalue weighted by atomic mass is 10.0. The lowest BCUT2D eigenvalue weighted by Gasteiger charge is -2.32. The standard InChI is InChI=1S/C20H25N3O2S/c1-14(2)18(22-20(25)21-12-15-6-4-3-5-7-15)19(24)23-10-8-17-16(13-23)9-11-26-17/h3-7,9,11,14,18H,8,10,12-13H2,1-2H3,(H2,21,22,25)/t18-/m1/s1. The highest BCUT2D eigenvalue weighted by Crippen LogP contribution is 2.24. The quantitative estimate of drug-likeness (QED) is 0.848. The average Bonchev–Trinajstić information content (AvgIpc) is 3.12. The zero-order valence-corrected chi connectivity index (χ0v) is 16.0. The highest BCUT2D eigenvalue weighted by atomic mass is 32.1. The number of nitrogens with zero attached hydrogens (tertiary/aromatic N) is 1. The minimum Gasteiger partial charge on any atom is -0.336 e. The molecule has 1 atom stereocenters. The highest BCUT2D eigenvalue weighted by Gasteiger charge is 2.30. The van der Waals surface area contributed by atoms with E-state index >= 15 is 0 Å². The van der Waals surface area contributed by atoms with Gasteiger partial charge in [0.1, 0.15) is 6.04 Å². The lowest BCUT2D eigenvalue weighted by Crippen LogP contribution is -2.54. The van der Waals surface area contributed by atoms with Crippen molar-refractivity contribution in [3.8, 4) is 0 Å². The molecule has 0 spiro atoms. The fraction of sp³-hybridized carbons (Fsp3) is 0.400. The van der Waals surface area contributed by atoms with E-state index < -0.39 is 6.04 Å². The number of urea groups is 1. The molecule has 138 valence electrons. The maximum absolute atomic E-state index is 13.0. The number of hydrogen-bond acceptors (Lipinski definition) is 3. The van der Waals surface area contributed by atoms with Gasteiger partial charge in [0.05, 0.1) is 0 Å². The van der Waals surface area contributed by atoms with Crippen LogP contribution in [0.3, 0.4) is 0 Å². The minimum absolute atomic E-state index is 0.00767. The molecule has 0 aliphatic carbocycles. The smallest absolute Gasteiger partial charge is 0.315 e. The summed E-state index contributed by atoms with van der Waals surface area (Å²) >= 11 is 1.75. The van der Waals surface area contributed by atoms with Crippen molar-refractivity contribution in [1.29, 1.82) is 0 Å². The SMILES string of the molecule is CC(C)[C@@H](NC(=O)NCc1ccccc1)C(=O)N1CCc2sccc2C1. The van der Waals surface area contributed by atoms with Gasteiger partial charge in [-0.25, -0.2) is 4.79 Å². The van der Waals surface area contributed by atoms with Gasteiger partial charge < -0.3 is 15.5 Å². The van der Waals surface area contributed by atoms with E-state index in [-0.39, 0.29) is 17.9 Å². The van der Waals surface area contributed by atoms with E-state index in [1.807, 2.05) is 49.1 Å². The number of fused-ring (bicyclic) bond motifs is 1. The number of benzene rings is 1. The molecule has 1 aliphatic heterocycles. The molecule has 1 aliphatic rings. The summed E-state index contributed by atoms with van der Waals surface area (Å²) in [6.07, 6.45) is 0.893. The highest BCUT2D eigenvalue weighted by molar-refractivity contribution is 7.10. The summed E-state index contributed by atoms with van der Waals surface area (Å²) in [7, 11) is 0. The first-order chi connectivity index (χ1) is 12.5. The Bertz CT molecular complexity index is 757. The van der Waals surface area contributed by atoms with Crippen molar-refractivity contribution < 1.29 is 9.59 Å². The molecule has 0 saturated carbocycles. The third-order valence-corrected chi connectivity index (χ3v) is 5.66. The van der Waals surface area contributed by atoms with E-state index in [0.29, 0.717) is 19.6 Å². The van der Waals surface area contributed by atoms with Gasteiger partial charge in [0.15, 0.2) is 0 Å². The summed E-state index contributed by atoms with van der Waals surface area (Å²) in [5.74, 6) is 0.0144.